The summed E-state index contributed by atoms with van der Waals surface area (Å²) in [5.41, 5.74) is 1.45. The Hall–Kier alpha value is -3.51. The van der Waals surface area contributed by atoms with Crippen molar-refractivity contribution in [2.75, 3.05) is 31.2 Å². The van der Waals surface area contributed by atoms with Gasteiger partial charge >= 0.3 is 6.09 Å². The van der Waals surface area contributed by atoms with Crippen LogP contribution < -0.4 is 10.2 Å². The maximum atomic E-state index is 15.0. The third-order valence-corrected chi connectivity index (χ3v) is 7.41. The Kier molecular flexibility index (Phi) is 4.81. The number of halogens is 1. The average molecular weight is 462 g/mol. The van der Waals surface area contributed by atoms with Gasteiger partial charge in [-0.15, -0.1) is 0 Å². The smallest absolute Gasteiger partial charge is 0.414 e. The van der Waals surface area contributed by atoms with Crippen LogP contribution in [-0.4, -0.2) is 49.4 Å². The molecule has 0 spiro atoms. The van der Waals surface area contributed by atoms with E-state index in [0.29, 0.717) is 35.7 Å². The second kappa shape index (κ2) is 7.77. The van der Waals surface area contributed by atoms with Crippen molar-refractivity contribution in [3.63, 3.8) is 0 Å². The number of nitrogens with zero attached hydrogens (tertiary/aromatic N) is 3. The minimum absolute atomic E-state index is 0.0107. The molecule has 34 heavy (non-hydrogen) atoms. The fourth-order valence-corrected chi connectivity index (χ4v) is 5.21. The van der Waals surface area contributed by atoms with Crippen molar-refractivity contribution in [1.82, 2.24) is 10.3 Å². The minimum atomic E-state index is -0.593. The Morgan fingerprint density at radius 2 is 2.06 bits per heavy atom. The summed E-state index contributed by atoms with van der Waals surface area (Å²) in [6.07, 6.45) is 2.35. The lowest BCUT2D eigenvalue weighted by Gasteiger charge is -2.15. The number of hydrogen-bond donors (Lipinski definition) is 1. The van der Waals surface area contributed by atoms with E-state index in [1.54, 1.807) is 30.5 Å². The Morgan fingerprint density at radius 1 is 1.26 bits per heavy atom. The summed E-state index contributed by atoms with van der Waals surface area (Å²) >= 11 is 0. The number of amides is 2. The first-order valence-electron chi connectivity index (χ1n) is 11.5. The van der Waals surface area contributed by atoms with Gasteiger partial charge in [0, 0.05) is 35.1 Å². The van der Waals surface area contributed by atoms with Crippen LogP contribution in [0.15, 0.2) is 36.5 Å². The molecular weight excluding hydrogens is 439 g/mol. The number of pyridine rings is 1. The van der Waals surface area contributed by atoms with Gasteiger partial charge in [-0.1, -0.05) is 6.07 Å². The maximum Gasteiger partial charge on any atom is 0.414 e. The van der Waals surface area contributed by atoms with Crippen molar-refractivity contribution in [3.05, 3.63) is 48.0 Å². The third-order valence-electron chi connectivity index (χ3n) is 7.41. The van der Waals surface area contributed by atoms with E-state index in [9.17, 15) is 14.9 Å². The molecule has 4 atom stereocenters. The topological polar surface area (TPSA) is 105 Å². The lowest BCUT2D eigenvalue weighted by molar-refractivity contribution is -0.122. The van der Waals surface area contributed by atoms with Gasteiger partial charge in [-0.2, -0.15) is 5.26 Å². The number of anilines is 1. The number of ether oxygens (including phenoxy) is 2. The number of hydrogen-bond acceptors (Lipinski definition) is 6. The van der Waals surface area contributed by atoms with E-state index >= 15 is 4.39 Å². The van der Waals surface area contributed by atoms with E-state index in [0.717, 1.165) is 12.8 Å². The highest BCUT2D eigenvalue weighted by atomic mass is 19.1. The monoisotopic (exact) mass is 462 g/mol. The largest absolute Gasteiger partial charge is 0.442 e. The third kappa shape index (κ3) is 3.32. The molecule has 0 unspecified atom stereocenters. The molecule has 2 aliphatic carbocycles. The zero-order valence-electron chi connectivity index (χ0n) is 18.4. The first-order valence-corrected chi connectivity index (χ1v) is 11.5. The molecule has 2 aliphatic heterocycles. The summed E-state index contributed by atoms with van der Waals surface area (Å²) < 4.78 is 25.8. The molecule has 2 amide bonds. The highest BCUT2D eigenvalue weighted by Crippen LogP contribution is 2.62. The number of nitrogens with one attached hydrogen (secondary N) is 1. The zero-order valence-corrected chi connectivity index (χ0v) is 18.4. The van der Waals surface area contributed by atoms with Gasteiger partial charge in [0.25, 0.3) is 0 Å². The number of benzene rings is 1. The van der Waals surface area contributed by atoms with Crippen LogP contribution in [0.1, 0.15) is 18.5 Å². The highest BCUT2D eigenvalue weighted by Gasteiger charge is 2.70. The van der Waals surface area contributed by atoms with Gasteiger partial charge in [-0.05, 0) is 37.1 Å². The van der Waals surface area contributed by atoms with Crippen LogP contribution >= 0.6 is 0 Å². The molecule has 9 heteroatoms. The Morgan fingerprint density at radius 3 is 2.71 bits per heavy atom. The Balaban J connectivity index is 1.15. The van der Waals surface area contributed by atoms with E-state index in [2.05, 4.69) is 16.4 Å². The van der Waals surface area contributed by atoms with Crippen LogP contribution in [-0.2, 0) is 19.7 Å². The number of nitriles is 1. The fraction of sp³-hybridized carbons (Fsp3) is 0.440. The second-order valence-corrected chi connectivity index (χ2v) is 9.46. The first-order chi connectivity index (χ1) is 16.5. The van der Waals surface area contributed by atoms with E-state index in [1.165, 1.54) is 11.0 Å². The first kappa shape index (κ1) is 21.1. The normalized spacial score (nSPS) is 29.4. The van der Waals surface area contributed by atoms with Crippen molar-refractivity contribution in [1.29, 1.82) is 5.26 Å². The fourth-order valence-electron chi connectivity index (χ4n) is 5.21. The lowest BCUT2D eigenvalue weighted by Crippen LogP contribution is -2.35. The van der Waals surface area contributed by atoms with Crippen molar-refractivity contribution < 1.29 is 23.5 Å². The molecule has 4 aliphatic rings. The molecule has 1 aromatic carbocycles. The molecule has 2 aromatic rings. The Bertz CT molecular complexity index is 1200. The van der Waals surface area contributed by atoms with E-state index in [4.69, 9.17) is 9.47 Å². The quantitative estimate of drug-likeness (QED) is 0.708. The van der Waals surface area contributed by atoms with Crippen LogP contribution in [0.25, 0.3) is 11.1 Å². The van der Waals surface area contributed by atoms with Crippen molar-refractivity contribution in [3.8, 4) is 17.2 Å². The number of carbonyl (C=O) groups is 2. The number of cyclic esters (lactones) is 1. The standard InChI is InChI=1S/C25H23FN4O4/c26-21-7-16(30-10-17(34-24(30)32)9-29-23(31)14-1-2-14)4-5-18(21)15-3-6-22(28-8-15)25(13-27)19-11-33-12-20(19)25/h3-8,14,17,19-20H,1-2,9-12H2,(H,29,31)/t17-,19-,20+,25+/m0/s1. The molecule has 1 aromatic heterocycles. The van der Waals surface area contributed by atoms with E-state index < -0.39 is 23.4 Å². The van der Waals surface area contributed by atoms with Gasteiger partial charge in [-0.25, -0.2) is 9.18 Å². The molecule has 4 fully saturated rings. The summed E-state index contributed by atoms with van der Waals surface area (Å²) in [6, 6.07) is 10.6. The zero-order chi connectivity index (χ0) is 23.4. The predicted molar refractivity (Wildman–Crippen MR) is 118 cm³/mol. The van der Waals surface area contributed by atoms with Gasteiger partial charge in [0.15, 0.2) is 0 Å². The van der Waals surface area contributed by atoms with Crippen molar-refractivity contribution in [2.45, 2.75) is 24.4 Å². The Labute approximate surface area is 195 Å². The maximum absolute atomic E-state index is 15.0. The molecule has 0 radical (unpaired) electrons. The van der Waals surface area contributed by atoms with Crippen molar-refractivity contribution >= 4 is 17.7 Å². The number of fused-ring (bicyclic) bond motifs is 1. The van der Waals surface area contributed by atoms with E-state index in [-0.39, 0.29) is 36.8 Å². The van der Waals surface area contributed by atoms with Crippen LogP contribution in [0.3, 0.4) is 0 Å². The second-order valence-electron chi connectivity index (χ2n) is 9.46. The molecule has 2 saturated heterocycles. The van der Waals surface area contributed by atoms with Gasteiger partial charge < -0.3 is 14.8 Å². The molecule has 2 saturated carbocycles. The van der Waals surface area contributed by atoms with Crippen LogP contribution in [0.2, 0.25) is 0 Å². The molecule has 3 heterocycles. The SMILES string of the molecule is N#C[C@]1(c2ccc(-c3ccc(N4C[C@H](CNC(=O)C5CC5)OC4=O)cc3F)cn2)[C@@H]2COC[C@@H]21. The lowest BCUT2D eigenvalue weighted by atomic mass is 9.96. The minimum Gasteiger partial charge on any atom is -0.442 e. The number of rotatable bonds is 6. The molecule has 1 N–H and O–H groups in total. The molecule has 174 valence electrons. The molecular formula is C25H23FN4O4. The van der Waals surface area contributed by atoms with E-state index in [1.807, 2.05) is 0 Å². The van der Waals surface area contributed by atoms with Crippen LogP contribution in [0.4, 0.5) is 14.9 Å². The summed E-state index contributed by atoms with van der Waals surface area (Å²) in [7, 11) is 0. The van der Waals surface area contributed by atoms with Gasteiger partial charge in [0.2, 0.25) is 5.91 Å². The van der Waals surface area contributed by atoms with Crippen LogP contribution in [0.5, 0.6) is 0 Å². The van der Waals surface area contributed by atoms with Gasteiger partial charge in [0.05, 0.1) is 43.8 Å². The summed E-state index contributed by atoms with van der Waals surface area (Å²) in [5, 5.41) is 12.5. The van der Waals surface area contributed by atoms with Gasteiger partial charge in [-0.3, -0.25) is 14.7 Å². The predicted octanol–water partition coefficient (Wildman–Crippen LogP) is 2.78. The molecule has 0 bridgehead atoms. The number of carbonyl (C=O) groups excluding carboxylic acids is 2. The molecule has 6 rings (SSSR count). The summed E-state index contributed by atoms with van der Waals surface area (Å²) in [5.74, 6) is -0.0573. The molecule has 8 nitrogen and oxygen atoms in total. The van der Waals surface area contributed by atoms with Crippen molar-refractivity contribution in [2.24, 2.45) is 17.8 Å². The summed E-state index contributed by atoms with van der Waals surface area (Å²) in [6.45, 7) is 1.63. The highest BCUT2D eigenvalue weighted by molar-refractivity contribution is 5.90. The summed E-state index contributed by atoms with van der Waals surface area (Å²) in [4.78, 5) is 30.0. The van der Waals surface area contributed by atoms with Gasteiger partial charge in [0.1, 0.15) is 17.3 Å². The van der Waals surface area contributed by atoms with Crippen LogP contribution in [0, 0.1) is 34.9 Å². The number of aromatic nitrogens is 1. The average Bonchev–Trinajstić information content (AvgIpc) is 3.70.